The van der Waals surface area contributed by atoms with Crippen LogP contribution in [0.25, 0.3) is 11.3 Å². The van der Waals surface area contributed by atoms with Gasteiger partial charge in [-0.25, -0.2) is 4.68 Å². The van der Waals surface area contributed by atoms with Crippen molar-refractivity contribution in [1.82, 2.24) is 15.0 Å². The number of hydrogen-bond donors (Lipinski definition) is 0. The summed E-state index contributed by atoms with van der Waals surface area (Å²) in [5.41, 5.74) is 4.72. The number of aryl methyl sites for hydroxylation is 3. The first-order chi connectivity index (χ1) is 10.4. The summed E-state index contributed by atoms with van der Waals surface area (Å²) in [5.74, 6) is 0. The van der Waals surface area contributed by atoms with Crippen molar-refractivity contribution < 1.29 is 0 Å². The maximum Gasteiger partial charge on any atom is 0.0917 e. The first kappa shape index (κ1) is 13.6. The number of benzene rings is 2. The third kappa shape index (κ3) is 3.02. The highest BCUT2D eigenvalue weighted by atomic mass is 15.4. The van der Waals surface area contributed by atoms with E-state index in [4.69, 9.17) is 0 Å². The predicted molar refractivity (Wildman–Crippen MR) is 85.0 cm³/mol. The lowest BCUT2D eigenvalue weighted by molar-refractivity contribution is 0.594. The largest absolute Gasteiger partial charge is 0.244 e. The zero-order valence-electron chi connectivity index (χ0n) is 12.2. The second kappa shape index (κ2) is 6.35. The van der Waals surface area contributed by atoms with Crippen LogP contribution in [0.3, 0.4) is 0 Å². The van der Waals surface area contributed by atoms with Gasteiger partial charge in [-0.3, -0.25) is 0 Å². The quantitative estimate of drug-likeness (QED) is 0.711. The highest BCUT2D eigenvalue weighted by molar-refractivity contribution is 5.61. The molecule has 0 saturated carbocycles. The van der Waals surface area contributed by atoms with Crippen LogP contribution in [0.4, 0.5) is 0 Å². The summed E-state index contributed by atoms with van der Waals surface area (Å²) in [5, 5.41) is 8.68. The average molecular weight is 277 g/mol. The van der Waals surface area contributed by atoms with Crippen LogP contribution >= 0.6 is 0 Å². The predicted octanol–water partition coefficient (Wildman–Crippen LogP) is 3.75. The SMILES string of the molecule is CCc1nnn(CCc2ccccc2)c1-c1ccccc1. The Labute approximate surface area is 125 Å². The fourth-order valence-electron chi connectivity index (χ4n) is 2.54. The Kier molecular flexibility index (Phi) is 4.10. The van der Waals surface area contributed by atoms with Gasteiger partial charge in [0.05, 0.1) is 11.4 Å². The van der Waals surface area contributed by atoms with Crippen LogP contribution in [-0.2, 0) is 19.4 Å². The van der Waals surface area contributed by atoms with Crippen molar-refractivity contribution >= 4 is 0 Å². The molecule has 3 nitrogen and oxygen atoms in total. The van der Waals surface area contributed by atoms with Gasteiger partial charge in [-0.05, 0) is 18.4 Å². The van der Waals surface area contributed by atoms with Gasteiger partial charge in [0.25, 0.3) is 0 Å². The highest BCUT2D eigenvalue weighted by Crippen LogP contribution is 2.22. The molecule has 0 unspecified atom stereocenters. The van der Waals surface area contributed by atoms with E-state index in [1.54, 1.807) is 0 Å². The normalized spacial score (nSPS) is 10.7. The van der Waals surface area contributed by atoms with Crippen molar-refractivity contribution in [2.45, 2.75) is 26.3 Å². The van der Waals surface area contributed by atoms with E-state index in [1.165, 1.54) is 11.1 Å². The second-order valence-corrected chi connectivity index (χ2v) is 5.06. The Morgan fingerprint density at radius 2 is 1.57 bits per heavy atom. The van der Waals surface area contributed by atoms with Crippen molar-refractivity contribution in [3.8, 4) is 11.3 Å². The highest BCUT2D eigenvalue weighted by Gasteiger charge is 2.13. The molecule has 0 atom stereocenters. The lowest BCUT2D eigenvalue weighted by Crippen LogP contribution is -2.05. The summed E-state index contributed by atoms with van der Waals surface area (Å²) in [7, 11) is 0. The molecule has 0 N–H and O–H groups in total. The van der Waals surface area contributed by atoms with E-state index in [9.17, 15) is 0 Å². The van der Waals surface area contributed by atoms with Crippen LogP contribution in [0.15, 0.2) is 60.7 Å². The van der Waals surface area contributed by atoms with Crippen LogP contribution in [0.1, 0.15) is 18.2 Å². The molecule has 0 saturated heterocycles. The molecule has 3 rings (SSSR count). The molecule has 1 aromatic heterocycles. The number of aromatic nitrogens is 3. The molecule has 3 aromatic rings. The van der Waals surface area contributed by atoms with Crippen molar-refractivity contribution in [2.75, 3.05) is 0 Å². The van der Waals surface area contributed by atoms with Crippen LogP contribution < -0.4 is 0 Å². The van der Waals surface area contributed by atoms with Gasteiger partial charge in [0.15, 0.2) is 0 Å². The molecule has 2 aromatic carbocycles. The van der Waals surface area contributed by atoms with E-state index < -0.39 is 0 Å². The summed E-state index contributed by atoms with van der Waals surface area (Å²) in [6, 6.07) is 20.9. The van der Waals surface area contributed by atoms with E-state index in [2.05, 4.69) is 65.8 Å². The third-order valence-corrected chi connectivity index (χ3v) is 3.64. The Balaban J connectivity index is 1.87. The first-order valence-corrected chi connectivity index (χ1v) is 7.40. The molecule has 0 aliphatic heterocycles. The fourth-order valence-corrected chi connectivity index (χ4v) is 2.54. The fraction of sp³-hybridized carbons (Fsp3) is 0.222. The minimum Gasteiger partial charge on any atom is -0.244 e. The molecule has 0 amide bonds. The monoisotopic (exact) mass is 277 g/mol. The summed E-state index contributed by atoms with van der Waals surface area (Å²) in [6.45, 7) is 2.97. The molecule has 3 heteroatoms. The van der Waals surface area contributed by atoms with E-state index in [0.29, 0.717) is 0 Å². The molecule has 0 bridgehead atoms. The molecule has 21 heavy (non-hydrogen) atoms. The van der Waals surface area contributed by atoms with Crippen molar-refractivity contribution in [2.24, 2.45) is 0 Å². The van der Waals surface area contributed by atoms with Crippen molar-refractivity contribution in [3.63, 3.8) is 0 Å². The topological polar surface area (TPSA) is 30.7 Å². The summed E-state index contributed by atoms with van der Waals surface area (Å²) >= 11 is 0. The van der Waals surface area contributed by atoms with Gasteiger partial charge in [0, 0.05) is 12.1 Å². The minimum atomic E-state index is 0.848. The van der Waals surface area contributed by atoms with E-state index >= 15 is 0 Å². The number of nitrogens with zero attached hydrogens (tertiary/aromatic N) is 3. The van der Waals surface area contributed by atoms with Crippen LogP contribution in [-0.4, -0.2) is 15.0 Å². The standard InChI is InChI=1S/C18H19N3/c1-2-17-18(16-11-7-4-8-12-16)21(20-19-17)14-13-15-9-5-3-6-10-15/h3-12H,2,13-14H2,1H3. The third-order valence-electron chi connectivity index (χ3n) is 3.64. The molecule has 106 valence electrons. The summed E-state index contributed by atoms with van der Waals surface area (Å²) in [4.78, 5) is 0. The van der Waals surface area contributed by atoms with Gasteiger partial charge in [-0.2, -0.15) is 0 Å². The van der Waals surface area contributed by atoms with Crippen LogP contribution in [0.5, 0.6) is 0 Å². The van der Waals surface area contributed by atoms with Gasteiger partial charge >= 0.3 is 0 Å². The minimum absolute atomic E-state index is 0.848. The van der Waals surface area contributed by atoms with E-state index in [1.807, 2.05) is 16.8 Å². The van der Waals surface area contributed by atoms with Gasteiger partial charge in [0.1, 0.15) is 0 Å². The Morgan fingerprint density at radius 3 is 2.24 bits per heavy atom. The molecule has 0 aliphatic rings. The maximum atomic E-state index is 4.35. The molecule has 0 spiro atoms. The Morgan fingerprint density at radius 1 is 0.905 bits per heavy atom. The molecule has 1 heterocycles. The zero-order chi connectivity index (χ0) is 14.5. The number of rotatable bonds is 5. The maximum absolute atomic E-state index is 4.35. The number of hydrogen-bond acceptors (Lipinski definition) is 2. The first-order valence-electron chi connectivity index (χ1n) is 7.40. The van der Waals surface area contributed by atoms with Gasteiger partial charge in [0.2, 0.25) is 0 Å². The Bertz CT molecular complexity index is 687. The molecule has 0 radical (unpaired) electrons. The van der Waals surface area contributed by atoms with Crippen molar-refractivity contribution in [1.29, 1.82) is 0 Å². The zero-order valence-corrected chi connectivity index (χ0v) is 12.2. The molecular formula is C18H19N3. The average Bonchev–Trinajstić information content (AvgIpc) is 2.97. The van der Waals surface area contributed by atoms with Gasteiger partial charge in [-0.15, -0.1) is 5.10 Å². The molecular weight excluding hydrogens is 258 g/mol. The van der Waals surface area contributed by atoms with E-state index in [-0.39, 0.29) is 0 Å². The lowest BCUT2D eigenvalue weighted by atomic mass is 10.1. The van der Waals surface area contributed by atoms with Crippen LogP contribution in [0, 0.1) is 0 Å². The molecule has 0 fully saturated rings. The molecule has 0 aliphatic carbocycles. The van der Waals surface area contributed by atoms with Gasteiger partial charge < -0.3 is 0 Å². The van der Waals surface area contributed by atoms with Crippen LogP contribution in [0.2, 0.25) is 0 Å². The lowest BCUT2D eigenvalue weighted by Gasteiger charge is -2.08. The smallest absolute Gasteiger partial charge is 0.0917 e. The summed E-state index contributed by atoms with van der Waals surface area (Å²) < 4.78 is 2.03. The van der Waals surface area contributed by atoms with E-state index in [0.717, 1.165) is 30.8 Å². The second-order valence-electron chi connectivity index (χ2n) is 5.06. The summed E-state index contributed by atoms with van der Waals surface area (Å²) in [6.07, 6.45) is 1.86. The van der Waals surface area contributed by atoms with Crippen molar-refractivity contribution in [3.05, 3.63) is 71.9 Å². The van der Waals surface area contributed by atoms with Gasteiger partial charge in [-0.1, -0.05) is 72.8 Å². The Hall–Kier alpha value is -2.42.